The molecule has 0 saturated heterocycles. The molecule has 0 aliphatic heterocycles. The van der Waals surface area contributed by atoms with Crippen molar-refractivity contribution < 1.29 is 9.53 Å². The van der Waals surface area contributed by atoms with Gasteiger partial charge in [-0.15, -0.1) is 11.8 Å². The van der Waals surface area contributed by atoms with Gasteiger partial charge in [-0.2, -0.15) is 0 Å². The molecule has 1 aromatic heterocycles. The van der Waals surface area contributed by atoms with Gasteiger partial charge in [0.25, 0.3) is 0 Å². The minimum absolute atomic E-state index is 0.000892. The average molecular weight is 600 g/mol. The van der Waals surface area contributed by atoms with Gasteiger partial charge in [-0.3, -0.25) is 9.69 Å². The van der Waals surface area contributed by atoms with Crippen LogP contribution in [0.5, 0.6) is 5.75 Å². The maximum atomic E-state index is 13.1. The number of rotatable bonds is 13. The molecule has 0 spiro atoms. The molecule has 6 heteroatoms. The Bertz CT molecular complexity index is 1780. The number of benzene rings is 5. The first kappa shape index (κ1) is 29.5. The monoisotopic (exact) mass is 599 g/mol. The first-order chi connectivity index (χ1) is 21.7. The van der Waals surface area contributed by atoms with Crippen molar-refractivity contribution in [3.8, 4) is 5.75 Å². The second kappa shape index (κ2) is 14.3. The highest BCUT2D eigenvalue weighted by Crippen LogP contribution is 2.28. The molecule has 5 nitrogen and oxygen atoms in total. The number of ether oxygens (including phenoxy) is 1. The highest BCUT2D eigenvalue weighted by Gasteiger charge is 2.13. The predicted molar refractivity (Wildman–Crippen MR) is 182 cm³/mol. The van der Waals surface area contributed by atoms with Crippen LogP contribution in [0.4, 0.5) is 0 Å². The molecular formula is C38H37N3O2S. The van der Waals surface area contributed by atoms with Crippen LogP contribution in [0.25, 0.3) is 21.8 Å². The third kappa shape index (κ3) is 7.33. The topological polar surface area (TPSA) is 46.5 Å². The number of amides is 1. The molecule has 0 bridgehead atoms. The fourth-order valence-electron chi connectivity index (χ4n) is 5.65. The average Bonchev–Trinajstić information content (AvgIpc) is 3.38. The van der Waals surface area contributed by atoms with Crippen molar-refractivity contribution in [1.29, 1.82) is 0 Å². The summed E-state index contributed by atoms with van der Waals surface area (Å²) in [5, 5.41) is 5.47. The number of thioether (sulfide) groups is 1. The molecule has 44 heavy (non-hydrogen) atoms. The number of carbonyl (C=O) groups is 1. The molecule has 5 aromatic carbocycles. The number of methoxy groups -OCH3 is 1. The van der Waals surface area contributed by atoms with Gasteiger partial charge in [0.15, 0.2) is 0 Å². The standard InChI is InChI=1S/C38H37N3O2S/c1-43-32-11-9-10-31(24-32)27-40(22-23-44-33-12-3-2-4-13-33)26-30-20-18-29(19-21-30)25-39-38(42)28-41-36-16-7-5-14-34(36)35-15-6-8-17-37(35)41/h2-21,24H,22-23,25-28H2,1H3,(H,39,42). The van der Waals surface area contributed by atoms with Crippen molar-refractivity contribution in [2.75, 3.05) is 19.4 Å². The molecule has 1 heterocycles. The van der Waals surface area contributed by atoms with Gasteiger partial charge in [0, 0.05) is 58.6 Å². The Morgan fingerprint density at radius 1 is 0.727 bits per heavy atom. The summed E-state index contributed by atoms with van der Waals surface area (Å²) in [6.07, 6.45) is 0. The Morgan fingerprint density at radius 3 is 2.07 bits per heavy atom. The molecule has 0 fully saturated rings. The maximum Gasteiger partial charge on any atom is 0.240 e. The first-order valence-electron chi connectivity index (χ1n) is 15.0. The Morgan fingerprint density at radius 2 is 1.36 bits per heavy atom. The lowest BCUT2D eigenvalue weighted by Gasteiger charge is -2.23. The van der Waals surface area contributed by atoms with Gasteiger partial charge in [-0.1, -0.05) is 91.0 Å². The van der Waals surface area contributed by atoms with E-state index in [-0.39, 0.29) is 12.5 Å². The number of hydrogen-bond acceptors (Lipinski definition) is 4. The lowest BCUT2D eigenvalue weighted by atomic mass is 10.1. The van der Waals surface area contributed by atoms with E-state index in [0.717, 1.165) is 47.7 Å². The number of hydrogen-bond donors (Lipinski definition) is 1. The predicted octanol–water partition coefficient (Wildman–Crippen LogP) is 7.91. The number of nitrogens with one attached hydrogen (secondary N) is 1. The van der Waals surface area contributed by atoms with E-state index in [9.17, 15) is 4.79 Å². The van der Waals surface area contributed by atoms with E-state index in [1.54, 1.807) is 7.11 Å². The van der Waals surface area contributed by atoms with E-state index in [0.29, 0.717) is 6.54 Å². The number of para-hydroxylation sites is 2. The summed E-state index contributed by atoms with van der Waals surface area (Å²) in [7, 11) is 1.71. The fourth-order valence-corrected chi connectivity index (χ4v) is 6.58. The second-order valence-electron chi connectivity index (χ2n) is 10.9. The molecule has 222 valence electrons. The molecule has 6 rings (SSSR count). The highest BCUT2D eigenvalue weighted by molar-refractivity contribution is 7.99. The minimum Gasteiger partial charge on any atom is -0.497 e. The highest BCUT2D eigenvalue weighted by atomic mass is 32.2. The van der Waals surface area contributed by atoms with E-state index >= 15 is 0 Å². The molecule has 0 aliphatic rings. The van der Waals surface area contributed by atoms with Crippen molar-refractivity contribution in [2.45, 2.75) is 31.1 Å². The van der Waals surface area contributed by atoms with Crippen molar-refractivity contribution in [2.24, 2.45) is 0 Å². The van der Waals surface area contributed by atoms with E-state index in [4.69, 9.17) is 4.74 Å². The van der Waals surface area contributed by atoms with Crippen molar-refractivity contribution >= 4 is 39.5 Å². The van der Waals surface area contributed by atoms with Gasteiger partial charge in [-0.25, -0.2) is 0 Å². The summed E-state index contributed by atoms with van der Waals surface area (Å²) in [5.74, 6) is 1.89. The van der Waals surface area contributed by atoms with Gasteiger partial charge in [0.1, 0.15) is 12.3 Å². The Kier molecular flexibility index (Phi) is 9.60. The smallest absolute Gasteiger partial charge is 0.240 e. The van der Waals surface area contributed by atoms with Gasteiger partial charge >= 0.3 is 0 Å². The SMILES string of the molecule is COc1cccc(CN(CCSc2ccccc2)Cc2ccc(CNC(=O)Cn3c4ccccc4c4ccccc43)cc2)c1. The zero-order chi connectivity index (χ0) is 30.1. The zero-order valence-electron chi connectivity index (χ0n) is 25.0. The van der Waals surface area contributed by atoms with Crippen LogP contribution in [0.3, 0.4) is 0 Å². The number of aromatic nitrogens is 1. The van der Waals surface area contributed by atoms with E-state index in [2.05, 4.69) is 112 Å². The minimum atomic E-state index is 0.000892. The maximum absolute atomic E-state index is 13.1. The van der Waals surface area contributed by atoms with E-state index in [1.807, 2.05) is 42.1 Å². The normalized spacial score (nSPS) is 11.3. The lowest BCUT2D eigenvalue weighted by Crippen LogP contribution is -2.27. The van der Waals surface area contributed by atoms with Crippen LogP contribution in [-0.4, -0.2) is 34.8 Å². The quantitative estimate of drug-likeness (QED) is 0.137. The van der Waals surface area contributed by atoms with Gasteiger partial charge < -0.3 is 14.6 Å². The molecule has 0 unspecified atom stereocenters. The van der Waals surface area contributed by atoms with E-state index < -0.39 is 0 Å². The Labute approximate surface area is 263 Å². The first-order valence-corrected chi connectivity index (χ1v) is 16.0. The van der Waals surface area contributed by atoms with Crippen LogP contribution in [-0.2, 0) is 31.0 Å². The van der Waals surface area contributed by atoms with Gasteiger partial charge in [-0.05, 0) is 53.1 Å². The zero-order valence-corrected chi connectivity index (χ0v) is 25.8. The fraction of sp³-hybridized carbons (Fsp3) is 0.184. The van der Waals surface area contributed by atoms with Crippen LogP contribution in [0.15, 0.2) is 132 Å². The van der Waals surface area contributed by atoms with Crippen LogP contribution < -0.4 is 10.1 Å². The Hall–Kier alpha value is -4.52. The molecule has 0 radical (unpaired) electrons. The van der Waals surface area contributed by atoms with Crippen LogP contribution in [0.1, 0.15) is 16.7 Å². The van der Waals surface area contributed by atoms with Crippen LogP contribution >= 0.6 is 11.8 Å². The van der Waals surface area contributed by atoms with Crippen molar-refractivity contribution in [3.63, 3.8) is 0 Å². The molecular weight excluding hydrogens is 563 g/mol. The number of nitrogens with zero attached hydrogens (tertiary/aromatic N) is 2. The summed E-state index contributed by atoms with van der Waals surface area (Å²) in [6, 6.07) is 44.0. The van der Waals surface area contributed by atoms with Gasteiger partial charge in [0.05, 0.1) is 7.11 Å². The summed E-state index contributed by atoms with van der Waals surface area (Å²) >= 11 is 1.88. The van der Waals surface area contributed by atoms with Crippen LogP contribution in [0, 0.1) is 0 Å². The molecule has 1 N–H and O–H groups in total. The third-order valence-electron chi connectivity index (χ3n) is 7.86. The summed E-state index contributed by atoms with van der Waals surface area (Å²) in [5.41, 5.74) is 5.72. The van der Waals surface area contributed by atoms with E-state index in [1.165, 1.54) is 26.8 Å². The van der Waals surface area contributed by atoms with Crippen molar-refractivity contribution in [3.05, 3.63) is 144 Å². The second-order valence-corrected chi connectivity index (χ2v) is 12.1. The number of carbonyl (C=O) groups excluding carboxylic acids is 1. The Balaban J connectivity index is 1.08. The molecule has 6 aromatic rings. The molecule has 0 atom stereocenters. The van der Waals surface area contributed by atoms with Crippen molar-refractivity contribution in [1.82, 2.24) is 14.8 Å². The lowest BCUT2D eigenvalue weighted by molar-refractivity contribution is -0.121. The molecule has 0 aliphatic carbocycles. The van der Waals surface area contributed by atoms with Gasteiger partial charge in [0.2, 0.25) is 5.91 Å². The summed E-state index contributed by atoms with van der Waals surface area (Å²) < 4.78 is 7.57. The van der Waals surface area contributed by atoms with Crippen LogP contribution in [0.2, 0.25) is 0 Å². The largest absolute Gasteiger partial charge is 0.497 e. The number of fused-ring (bicyclic) bond motifs is 3. The third-order valence-corrected chi connectivity index (χ3v) is 8.85. The molecule has 0 saturated carbocycles. The molecule has 1 amide bonds. The summed E-state index contributed by atoms with van der Waals surface area (Å²) in [6.45, 7) is 3.42. The summed E-state index contributed by atoms with van der Waals surface area (Å²) in [4.78, 5) is 16.8.